The molecule has 4 heteroatoms. The standard InChI is InChI=1S/C16H34N2O2/c1-3-4-5-6-7-8-9-10-13-20-16(19)15(2)14-18-12-11-17/h15,18H,3-14,17H2,1-2H3. The van der Waals surface area contributed by atoms with E-state index in [0.29, 0.717) is 19.7 Å². The van der Waals surface area contributed by atoms with Crippen LogP contribution in [0, 0.1) is 5.92 Å². The number of nitrogens with one attached hydrogen (secondary N) is 1. The maximum Gasteiger partial charge on any atom is 0.309 e. The molecule has 0 aliphatic rings. The monoisotopic (exact) mass is 286 g/mol. The molecule has 0 aromatic carbocycles. The van der Waals surface area contributed by atoms with Gasteiger partial charge >= 0.3 is 5.97 Å². The maximum absolute atomic E-state index is 11.7. The zero-order valence-corrected chi connectivity index (χ0v) is 13.5. The van der Waals surface area contributed by atoms with Gasteiger partial charge in [0.25, 0.3) is 0 Å². The third-order valence-electron chi connectivity index (χ3n) is 3.42. The molecule has 0 radical (unpaired) electrons. The summed E-state index contributed by atoms with van der Waals surface area (Å²) in [5, 5.41) is 3.12. The fourth-order valence-corrected chi connectivity index (χ4v) is 2.05. The first-order valence-corrected chi connectivity index (χ1v) is 8.29. The Hall–Kier alpha value is -0.610. The molecule has 4 nitrogen and oxygen atoms in total. The molecule has 1 unspecified atom stereocenters. The molecule has 0 spiro atoms. The van der Waals surface area contributed by atoms with Crippen LogP contribution in [0.3, 0.4) is 0 Å². The van der Waals surface area contributed by atoms with Crippen molar-refractivity contribution in [2.45, 2.75) is 65.2 Å². The van der Waals surface area contributed by atoms with Crippen molar-refractivity contribution in [2.24, 2.45) is 11.7 Å². The first-order chi connectivity index (χ1) is 9.72. The molecule has 0 saturated heterocycles. The van der Waals surface area contributed by atoms with Gasteiger partial charge in [-0.25, -0.2) is 0 Å². The minimum atomic E-state index is -0.0996. The Morgan fingerprint density at radius 2 is 1.70 bits per heavy atom. The van der Waals surface area contributed by atoms with Crippen molar-refractivity contribution >= 4 is 5.97 Å². The number of unbranched alkanes of at least 4 members (excludes halogenated alkanes) is 7. The van der Waals surface area contributed by atoms with Crippen LogP contribution in [-0.4, -0.2) is 32.2 Å². The Morgan fingerprint density at radius 1 is 1.10 bits per heavy atom. The zero-order chi connectivity index (χ0) is 15.1. The summed E-state index contributed by atoms with van der Waals surface area (Å²) in [5.74, 6) is -0.187. The summed E-state index contributed by atoms with van der Waals surface area (Å²) >= 11 is 0. The lowest BCUT2D eigenvalue weighted by Gasteiger charge is -2.12. The van der Waals surface area contributed by atoms with Crippen LogP contribution in [0.4, 0.5) is 0 Å². The summed E-state index contributed by atoms with van der Waals surface area (Å²) in [6.07, 6.45) is 10.1. The van der Waals surface area contributed by atoms with Gasteiger partial charge in [-0.15, -0.1) is 0 Å². The van der Waals surface area contributed by atoms with E-state index in [2.05, 4.69) is 12.2 Å². The Morgan fingerprint density at radius 3 is 2.30 bits per heavy atom. The van der Waals surface area contributed by atoms with Crippen molar-refractivity contribution in [2.75, 3.05) is 26.2 Å². The molecule has 0 amide bonds. The van der Waals surface area contributed by atoms with E-state index in [1.165, 1.54) is 44.9 Å². The van der Waals surface area contributed by atoms with Crippen molar-refractivity contribution in [1.29, 1.82) is 0 Å². The number of nitrogens with two attached hydrogens (primary N) is 1. The van der Waals surface area contributed by atoms with Gasteiger partial charge in [0, 0.05) is 19.6 Å². The van der Waals surface area contributed by atoms with Crippen LogP contribution in [0.25, 0.3) is 0 Å². The number of ether oxygens (including phenoxy) is 1. The van der Waals surface area contributed by atoms with Gasteiger partial charge in [0.2, 0.25) is 0 Å². The zero-order valence-electron chi connectivity index (χ0n) is 13.5. The van der Waals surface area contributed by atoms with E-state index in [1.54, 1.807) is 0 Å². The molecule has 120 valence electrons. The highest BCUT2D eigenvalue weighted by Crippen LogP contribution is 2.08. The third-order valence-corrected chi connectivity index (χ3v) is 3.42. The van der Waals surface area contributed by atoms with E-state index in [9.17, 15) is 4.79 Å². The van der Waals surface area contributed by atoms with Crippen LogP contribution in [-0.2, 0) is 9.53 Å². The summed E-state index contributed by atoms with van der Waals surface area (Å²) in [6.45, 7) is 6.68. The predicted molar refractivity (Wildman–Crippen MR) is 84.7 cm³/mol. The highest BCUT2D eigenvalue weighted by Gasteiger charge is 2.13. The van der Waals surface area contributed by atoms with Gasteiger partial charge in [0.1, 0.15) is 0 Å². The van der Waals surface area contributed by atoms with Gasteiger partial charge in [-0.2, -0.15) is 0 Å². The van der Waals surface area contributed by atoms with E-state index >= 15 is 0 Å². The van der Waals surface area contributed by atoms with E-state index in [0.717, 1.165) is 13.0 Å². The molecule has 0 saturated carbocycles. The van der Waals surface area contributed by atoms with Crippen LogP contribution in [0.2, 0.25) is 0 Å². The fourth-order valence-electron chi connectivity index (χ4n) is 2.05. The second-order valence-electron chi connectivity index (χ2n) is 5.54. The molecule has 1 atom stereocenters. The van der Waals surface area contributed by atoms with Crippen molar-refractivity contribution < 1.29 is 9.53 Å². The normalized spacial score (nSPS) is 12.3. The van der Waals surface area contributed by atoms with Crippen LogP contribution in [0.1, 0.15) is 65.2 Å². The SMILES string of the molecule is CCCCCCCCCCOC(=O)C(C)CNCCN. The molecular weight excluding hydrogens is 252 g/mol. The van der Waals surface area contributed by atoms with Gasteiger partial charge in [-0.1, -0.05) is 58.8 Å². The highest BCUT2D eigenvalue weighted by molar-refractivity contribution is 5.72. The molecule has 0 bridgehead atoms. The van der Waals surface area contributed by atoms with E-state index in [4.69, 9.17) is 10.5 Å². The molecule has 0 aliphatic heterocycles. The Kier molecular flexibility index (Phi) is 14.3. The van der Waals surface area contributed by atoms with Crippen LogP contribution in [0.5, 0.6) is 0 Å². The molecule has 0 aromatic rings. The predicted octanol–water partition coefficient (Wildman–Crippen LogP) is 2.85. The van der Waals surface area contributed by atoms with Gasteiger partial charge in [-0.3, -0.25) is 4.79 Å². The molecule has 3 N–H and O–H groups in total. The molecule has 0 heterocycles. The second-order valence-corrected chi connectivity index (χ2v) is 5.54. The molecule has 20 heavy (non-hydrogen) atoms. The number of rotatable bonds is 14. The van der Waals surface area contributed by atoms with Gasteiger partial charge in [0.15, 0.2) is 0 Å². The average molecular weight is 286 g/mol. The van der Waals surface area contributed by atoms with Crippen molar-refractivity contribution in [3.8, 4) is 0 Å². The lowest BCUT2D eigenvalue weighted by molar-refractivity contribution is -0.147. The first-order valence-electron chi connectivity index (χ1n) is 8.29. The highest BCUT2D eigenvalue weighted by atomic mass is 16.5. The lowest BCUT2D eigenvalue weighted by Crippen LogP contribution is -2.31. The van der Waals surface area contributed by atoms with Gasteiger partial charge in [0.05, 0.1) is 12.5 Å². The lowest BCUT2D eigenvalue weighted by atomic mass is 10.1. The summed E-state index contributed by atoms with van der Waals surface area (Å²) < 4.78 is 5.27. The van der Waals surface area contributed by atoms with Crippen molar-refractivity contribution in [3.63, 3.8) is 0 Å². The minimum Gasteiger partial charge on any atom is -0.465 e. The van der Waals surface area contributed by atoms with Crippen LogP contribution in [0.15, 0.2) is 0 Å². The maximum atomic E-state index is 11.7. The number of carbonyl (C=O) groups excluding carboxylic acids is 1. The van der Waals surface area contributed by atoms with E-state index in [1.807, 2.05) is 6.92 Å². The Labute approximate surface area is 124 Å². The Balaban J connectivity index is 3.30. The number of hydrogen-bond acceptors (Lipinski definition) is 4. The molecule has 0 fully saturated rings. The van der Waals surface area contributed by atoms with E-state index in [-0.39, 0.29) is 11.9 Å². The first kappa shape index (κ1) is 19.4. The second kappa shape index (κ2) is 14.8. The molecule has 0 aliphatic carbocycles. The van der Waals surface area contributed by atoms with Crippen molar-refractivity contribution in [1.82, 2.24) is 5.32 Å². The molecule has 0 aromatic heterocycles. The number of esters is 1. The summed E-state index contributed by atoms with van der Waals surface area (Å²) in [4.78, 5) is 11.7. The number of carbonyl (C=O) groups is 1. The van der Waals surface area contributed by atoms with Crippen molar-refractivity contribution in [3.05, 3.63) is 0 Å². The third kappa shape index (κ3) is 12.4. The number of hydrogen-bond donors (Lipinski definition) is 2. The molecular formula is C16H34N2O2. The van der Waals surface area contributed by atoms with Gasteiger partial charge in [-0.05, 0) is 6.42 Å². The summed E-state index contributed by atoms with van der Waals surface area (Å²) in [6, 6.07) is 0. The van der Waals surface area contributed by atoms with E-state index < -0.39 is 0 Å². The Bertz CT molecular complexity index is 223. The van der Waals surface area contributed by atoms with Crippen LogP contribution < -0.4 is 11.1 Å². The topological polar surface area (TPSA) is 64.3 Å². The summed E-state index contributed by atoms with van der Waals surface area (Å²) in [5.41, 5.74) is 5.38. The largest absolute Gasteiger partial charge is 0.465 e. The smallest absolute Gasteiger partial charge is 0.309 e. The minimum absolute atomic E-state index is 0.0874. The quantitative estimate of drug-likeness (QED) is 0.381. The van der Waals surface area contributed by atoms with Crippen LogP contribution >= 0.6 is 0 Å². The average Bonchev–Trinajstić information content (AvgIpc) is 2.45. The fraction of sp³-hybridized carbons (Fsp3) is 0.938. The summed E-state index contributed by atoms with van der Waals surface area (Å²) in [7, 11) is 0. The molecule has 0 rings (SSSR count). The van der Waals surface area contributed by atoms with Gasteiger partial charge < -0.3 is 15.8 Å².